The number of rotatable bonds is 6. The maximum absolute atomic E-state index is 12.2. The van der Waals surface area contributed by atoms with E-state index in [-0.39, 0.29) is 11.8 Å². The summed E-state index contributed by atoms with van der Waals surface area (Å²) < 4.78 is 27.1. The molecule has 0 aliphatic rings. The summed E-state index contributed by atoms with van der Waals surface area (Å²) in [6, 6.07) is 16.5. The summed E-state index contributed by atoms with van der Waals surface area (Å²) >= 11 is 0. The van der Waals surface area contributed by atoms with Crippen molar-refractivity contribution in [2.24, 2.45) is 5.73 Å². The molecule has 0 amide bonds. The molecule has 1 unspecified atom stereocenters. The van der Waals surface area contributed by atoms with Crippen LogP contribution in [0, 0.1) is 0 Å². The summed E-state index contributed by atoms with van der Waals surface area (Å²) in [4.78, 5) is 0. The Morgan fingerprint density at radius 3 is 2.19 bits per heavy atom. The molecule has 2 rings (SSSR count). The van der Waals surface area contributed by atoms with Gasteiger partial charge in [0.1, 0.15) is 0 Å². The fourth-order valence-corrected chi connectivity index (χ4v) is 3.50. The lowest BCUT2D eigenvalue weighted by molar-refractivity contribution is 0.566. The molecule has 0 aliphatic heterocycles. The molecule has 21 heavy (non-hydrogen) atoms. The first-order chi connectivity index (χ1) is 10.00. The highest BCUT2D eigenvalue weighted by molar-refractivity contribution is 7.88. The van der Waals surface area contributed by atoms with Crippen LogP contribution in [0.1, 0.15) is 29.7 Å². The van der Waals surface area contributed by atoms with Crippen molar-refractivity contribution in [3.63, 3.8) is 0 Å². The lowest BCUT2D eigenvalue weighted by atomic mass is 10.1. The lowest BCUT2D eigenvalue weighted by Gasteiger charge is -2.15. The van der Waals surface area contributed by atoms with E-state index in [4.69, 9.17) is 5.73 Å². The molecule has 112 valence electrons. The third-order valence-corrected chi connectivity index (χ3v) is 4.70. The average molecular weight is 304 g/mol. The molecule has 0 saturated heterocycles. The van der Waals surface area contributed by atoms with Gasteiger partial charge < -0.3 is 5.73 Å². The fraction of sp³-hybridized carbons (Fsp3) is 0.250. The van der Waals surface area contributed by atoms with E-state index < -0.39 is 10.0 Å². The normalized spacial score (nSPS) is 13.0. The Balaban J connectivity index is 2.05. The lowest BCUT2D eigenvalue weighted by Crippen LogP contribution is -2.28. The summed E-state index contributed by atoms with van der Waals surface area (Å²) in [5.41, 5.74) is 8.27. The van der Waals surface area contributed by atoms with Crippen LogP contribution in [0.3, 0.4) is 0 Å². The zero-order valence-electron chi connectivity index (χ0n) is 12.0. The zero-order chi connectivity index (χ0) is 15.3. The number of sulfonamides is 1. The van der Waals surface area contributed by atoms with Gasteiger partial charge in [-0.15, -0.1) is 0 Å². The predicted molar refractivity (Wildman–Crippen MR) is 84.9 cm³/mol. The maximum Gasteiger partial charge on any atom is 0.216 e. The first kappa shape index (κ1) is 15.7. The van der Waals surface area contributed by atoms with Crippen molar-refractivity contribution >= 4 is 10.0 Å². The molecular weight excluding hydrogens is 284 g/mol. The molecule has 0 radical (unpaired) electrons. The second-order valence-corrected chi connectivity index (χ2v) is 6.78. The molecule has 5 heteroatoms. The van der Waals surface area contributed by atoms with Crippen LogP contribution in [0.4, 0.5) is 0 Å². The second kappa shape index (κ2) is 6.85. The highest BCUT2D eigenvalue weighted by Gasteiger charge is 2.16. The molecule has 0 aliphatic carbocycles. The molecule has 2 aromatic carbocycles. The van der Waals surface area contributed by atoms with Gasteiger partial charge in [-0.1, -0.05) is 54.6 Å². The van der Waals surface area contributed by atoms with Gasteiger partial charge in [-0.25, -0.2) is 13.1 Å². The van der Waals surface area contributed by atoms with E-state index >= 15 is 0 Å². The smallest absolute Gasteiger partial charge is 0.216 e. The summed E-state index contributed by atoms with van der Waals surface area (Å²) in [6.45, 7) is 2.31. The van der Waals surface area contributed by atoms with Crippen LogP contribution in [-0.2, 0) is 22.3 Å². The molecule has 0 aromatic heterocycles. The number of nitrogens with one attached hydrogen (secondary N) is 1. The number of hydrogen-bond acceptors (Lipinski definition) is 3. The predicted octanol–water partition coefficient (Wildman–Crippen LogP) is 2.33. The Hall–Kier alpha value is -1.69. The third kappa shape index (κ3) is 4.67. The molecular formula is C16H20N2O2S. The van der Waals surface area contributed by atoms with Crippen molar-refractivity contribution in [2.75, 3.05) is 0 Å². The fourth-order valence-electron chi connectivity index (χ4n) is 2.12. The van der Waals surface area contributed by atoms with Crippen molar-refractivity contribution in [3.8, 4) is 0 Å². The minimum atomic E-state index is -3.37. The molecule has 0 saturated carbocycles. The summed E-state index contributed by atoms with van der Waals surface area (Å²) in [5, 5.41) is 0. The minimum Gasteiger partial charge on any atom is -0.326 e. The average Bonchev–Trinajstić information content (AvgIpc) is 2.47. The Morgan fingerprint density at radius 2 is 1.62 bits per heavy atom. The number of benzene rings is 2. The Bertz CT molecular complexity index is 667. The van der Waals surface area contributed by atoms with Crippen molar-refractivity contribution in [1.29, 1.82) is 0 Å². The second-order valence-electron chi connectivity index (χ2n) is 5.03. The van der Waals surface area contributed by atoms with Crippen LogP contribution in [0.25, 0.3) is 0 Å². The Morgan fingerprint density at radius 1 is 1.00 bits per heavy atom. The summed E-state index contributed by atoms with van der Waals surface area (Å²) in [5.74, 6) is -0.0148. The molecule has 3 N–H and O–H groups in total. The van der Waals surface area contributed by atoms with Gasteiger partial charge in [0.15, 0.2) is 0 Å². The summed E-state index contributed by atoms with van der Waals surface area (Å²) in [7, 11) is -3.37. The number of nitrogens with two attached hydrogens (primary N) is 1. The Labute approximate surface area is 126 Å². The van der Waals surface area contributed by atoms with E-state index in [1.807, 2.05) is 49.4 Å². The SMILES string of the molecule is CC(NS(=O)(=O)Cc1ccccc1)c1ccc(CN)cc1. The topological polar surface area (TPSA) is 72.2 Å². The zero-order valence-corrected chi connectivity index (χ0v) is 12.8. The van der Waals surface area contributed by atoms with Crippen LogP contribution in [0.5, 0.6) is 0 Å². The molecule has 1 atom stereocenters. The molecule has 0 spiro atoms. The van der Waals surface area contributed by atoms with Gasteiger partial charge in [0.05, 0.1) is 5.75 Å². The quantitative estimate of drug-likeness (QED) is 0.860. The van der Waals surface area contributed by atoms with Gasteiger partial charge in [-0.2, -0.15) is 0 Å². The van der Waals surface area contributed by atoms with E-state index in [0.29, 0.717) is 6.54 Å². The van der Waals surface area contributed by atoms with E-state index in [2.05, 4.69) is 4.72 Å². The number of hydrogen-bond donors (Lipinski definition) is 2. The molecule has 2 aromatic rings. The van der Waals surface area contributed by atoms with Gasteiger partial charge in [0.25, 0.3) is 0 Å². The van der Waals surface area contributed by atoms with Gasteiger partial charge in [-0.05, 0) is 23.6 Å². The van der Waals surface area contributed by atoms with Crippen LogP contribution in [0.15, 0.2) is 54.6 Å². The third-order valence-electron chi connectivity index (χ3n) is 3.27. The van der Waals surface area contributed by atoms with Crippen LogP contribution in [0.2, 0.25) is 0 Å². The van der Waals surface area contributed by atoms with E-state index in [0.717, 1.165) is 16.7 Å². The van der Waals surface area contributed by atoms with E-state index in [9.17, 15) is 8.42 Å². The first-order valence-electron chi connectivity index (χ1n) is 6.83. The standard InChI is InChI=1S/C16H20N2O2S/c1-13(16-9-7-14(11-17)8-10-16)18-21(19,20)12-15-5-3-2-4-6-15/h2-10,13,18H,11-12,17H2,1H3. The van der Waals surface area contributed by atoms with Crippen molar-refractivity contribution in [3.05, 3.63) is 71.3 Å². The van der Waals surface area contributed by atoms with Crippen molar-refractivity contribution in [2.45, 2.75) is 25.3 Å². The highest BCUT2D eigenvalue weighted by atomic mass is 32.2. The molecule has 0 heterocycles. The van der Waals surface area contributed by atoms with Gasteiger partial charge in [0.2, 0.25) is 10.0 Å². The van der Waals surface area contributed by atoms with Gasteiger partial charge in [0, 0.05) is 12.6 Å². The first-order valence-corrected chi connectivity index (χ1v) is 8.48. The van der Waals surface area contributed by atoms with Crippen molar-refractivity contribution in [1.82, 2.24) is 4.72 Å². The Kier molecular flexibility index (Phi) is 5.12. The highest BCUT2D eigenvalue weighted by Crippen LogP contribution is 2.15. The van der Waals surface area contributed by atoms with E-state index in [1.54, 1.807) is 12.1 Å². The monoisotopic (exact) mass is 304 g/mol. The van der Waals surface area contributed by atoms with Crippen molar-refractivity contribution < 1.29 is 8.42 Å². The molecule has 4 nitrogen and oxygen atoms in total. The van der Waals surface area contributed by atoms with Crippen LogP contribution < -0.4 is 10.5 Å². The largest absolute Gasteiger partial charge is 0.326 e. The van der Waals surface area contributed by atoms with Crippen LogP contribution >= 0.6 is 0 Å². The molecule has 0 bridgehead atoms. The van der Waals surface area contributed by atoms with E-state index in [1.165, 1.54) is 0 Å². The summed E-state index contributed by atoms with van der Waals surface area (Å²) in [6.07, 6.45) is 0. The van der Waals surface area contributed by atoms with Crippen LogP contribution in [-0.4, -0.2) is 8.42 Å². The maximum atomic E-state index is 12.2. The minimum absolute atomic E-state index is 0.0148. The molecule has 0 fully saturated rings. The van der Waals surface area contributed by atoms with Gasteiger partial charge in [-0.3, -0.25) is 0 Å². The van der Waals surface area contributed by atoms with Gasteiger partial charge >= 0.3 is 0 Å².